The van der Waals surface area contributed by atoms with E-state index in [1.165, 1.54) is 0 Å². The Bertz CT molecular complexity index is 249. The normalized spacial score (nSPS) is 41.1. The summed E-state index contributed by atoms with van der Waals surface area (Å²) < 4.78 is 5.00. The molecule has 1 fully saturated rings. The molecule has 3 heteroatoms. The molecular weight excluding hydrogens is 166 g/mol. The highest BCUT2D eigenvalue weighted by Gasteiger charge is 2.46. The van der Waals surface area contributed by atoms with Gasteiger partial charge in [-0.2, -0.15) is 0 Å². The topological polar surface area (TPSA) is 52.3 Å². The Morgan fingerprint density at radius 1 is 1.54 bits per heavy atom. The molecule has 0 saturated heterocycles. The van der Waals surface area contributed by atoms with Crippen LogP contribution in [0.2, 0.25) is 0 Å². The molecule has 4 atom stereocenters. The molecule has 0 radical (unpaired) electrons. The number of rotatable bonds is 2. The number of ether oxygens (including phenoxy) is 1. The van der Waals surface area contributed by atoms with Gasteiger partial charge >= 0.3 is 5.97 Å². The summed E-state index contributed by atoms with van der Waals surface area (Å²) in [6, 6.07) is -0.0194. The predicted molar refractivity (Wildman–Crippen MR) is 48.8 cm³/mol. The summed E-state index contributed by atoms with van der Waals surface area (Å²) in [6.07, 6.45) is 5.27. The maximum absolute atomic E-state index is 11.5. The van der Waals surface area contributed by atoms with Crippen LogP contribution in [-0.2, 0) is 9.53 Å². The molecule has 72 valence electrons. The van der Waals surface area contributed by atoms with Gasteiger partial charge in [0.15, 0.2) is 0 Å². The van der Waals surface area contributed by atoms with Crippen LogP contribution in [0.1, 0.15) is 13.3 Å². The van der Waals surface area contributed by atoms with Crippen LogP contribution in [0, 0.1) is 17.8 Å². The molecule has 0 aliphatic heterocycles. The Hall–Kier alpha value is -0.830. The molecule has 2 aliphatic carbocycles. The third-order valence-corrected chi connectivity index (χ3v) is 3.08. The Morgan fingerprint density at radius 3 is 2.77 bits per heavy atom. The third kappa shape index (κ3) is 1.27. The quantitative estimate of drug-likeness (QED) is 0.504. The molecule has 2 N–H and O–H groups in total. The van der Waals surface area contributed by atoms with Crippen LogP contribution in [0.25, 0.3) is 0 Å². The van der Waals surface area contributed by atoms with E-state index in [9.17, 15) is 4.79 Å². The minimum Gasteiger partial charge on any atom is -0.466 e. The van der Waals surface area contributed by atoms with E-state index >= 15 is 0 Å². The van der Waals surface area contributed by atoms with Crippen LogP contribution in [0.3, 0.4) is 0 Å². The van der Waals surface area contributed by atoms with Gasteiger partial charge in [0, 0.05) is 6.04 Å². The standard InChI is InChI=1S/C10H15NO2/c1-2-13-10(12)8-6-3-4-7(5-6)9(8)11/h3-4,6-9H,2,5,11H2,1H3/t6-,7+,8+,9?/m0/s1. The van der Waals surface area contributed by atoms with Crippen molar-refractivity contribution in [2.75, 3.05) is 6.61 Å². The van der Waals surface area contributed by atoms with E-state index in [0.29, 0.717) is 18.4 Å². The van der Waals surface area contributed by atoms with Gasteiger partial charge in [0.25, 0.3) is 0 Å². The molecule has 2 aliphatic rings. The maximum Gasteiger partial charge on any atom is 0.311 e. The second-order valence-corrected chi connectivity index (χ2v) is 3.80. The molecule has 0 amide bonds. The summed E-state index contributed by atoms with van der Waals surface area (Å²) in [4.78, 5) is 11.5. The van der Waals surface area contributed by atoms with Crippen molar-refractivity contribution in [1.82, 2.24) is 0 Å². The minimum atomic E-state index is -0.119. The lowest BCUT2D eigenvalue weighted by atomic mass is 9.90. The second kappa shape index (κ2) is 3.14. The molecule has 1 unspecified atom stereocenters. The van der Waals surface area contributed by atoms with Crippen LogP contribution >= 0.6 is 0 Å². The van der Waals surface area contributed by atoms with E-state index in [4.69, 9.17) is 10.5 Å². The molecule has 2 rings (SSSR count). The predicted octanol–water partition coefficient (Wildman–Crippen LogP) is 0.699. The molecule has 0 heterocycles. The van der Waals surface area contributed by atoms with Crippen molar-refractivity contribution in [3.8, 4) is 0 Å². The Morgan fingerprint density at radius 2 is 2.23 bits per heavy atom. The van der Waals surface area contributed by atoms with Gasteiger partial charge in [-0.3, -0.25) is 4.79 Å². The molecule has 0 aromatic heterocycles. The average Bonchev–Trinajstić information content (AvgIpc) is 2.63. The van der Waals surface area contributed by atoms with E-state index in [2.05, 4.69) is 12.2 Å². The summed E-state index contributed by atoms with van der Waals surface area (Å²) in [5.41, 5.74) is 5.94. The van der Waals surface area contributed by atoms with Crippen LogP contribution < -0.4 is 5.73 Å². The first-order valence-electron chi connectivity index (χ1n) is 4.84. The van der Waals surface area contributed by atoms with Crippen molar-refractivity contribution in [3.63, 3.8) is 0 Å². The van der Waals surface area contributed by atoms with E-state index in [-0.39, 0.29) is 17.9 Å². The van der Waals surface area contributed by atoms with Crippen molar-refractivity contribution in [2.45, 2.75) is 19.4 Å². The van der Waals surface area contributed by atoms with Crippen LogP contribution in [0.4, 0.5) is 0 Å². The Balaban J connectivity index is 2.08. The van der Waals surface area contributed by atoms with Gasteiger partial charge in [0.2, 0.25) is 0 Å². The molecule has 0 spiro atoms. The zero-order chi connectivity index (χ0) is 9.42. The highest BCUT2D eigenvalue weighted by Crippen LogP contribution is 2.43. The zero-order valence-corrected chi connectivity index (χ0v) is 7.77. The molecule has 1 saturated carbocycles. The lowest BCUT2D eigenvalue weighted by molar-refractivity contribution is -0.149. The van der Waals surface area contributed by atoms with Crippen molar-refractivity contribution >= 4 is 5.97 Å². The summed E-state index contributed by atoms with van der Waals surface area (Å²) >= 11 is 0. The number of esters is 1. The summed E-state index contributed by atoms with van der Waals surface area (Å²) in [6.45, 7) is 2.27. The van der Waals surface area contributed by atoms with Crippen molar-refractivity contribution in [2.24, 2.45) is 23.5 Å². The van der Waals surface area contributed by atoms with Gasteiger partial charge in [0.05, 0.1) is 12.5 Å². The van der Waals surface area contributed by atoms with E-state index in [1.807, 2.05) is 6.92 Å². The summed E-state index contributed by atoms with van der Waals surface area (Å²) in [5, 5.41) is 0. The molecule has 2 bridgehead atoms. The number of hydrogen-bond acceptors (Lipinski definition) is 3. The molecular formula is C10H15NO2. The fourth-order valence-corrected chi connectivity index (χ4v) is 2.43. The largest absolute Gasteiger partial charge is 0.466 e. The lowest BCUT2D eigenvalue weighted by Gasteiger charge is -2.22. The number of carbonyl (C=O) groups excluding carboxylic acids is 1. The number of allylic oxidation sites excluding steroid dienone is 1. The first-order chi connectivity index (χ1) is 6.24. The van der Waals surface area contributed by atoms with E-state index in [0.717, 1.165) is 6.42 Å². The van der Waals surface area contributed by atoms with Gasteiger partial charge in [-0.15, -0.1) is 0 Å². The number of carbonyl (C=O) groups is 1. The van der Waals surface area contributed by atoms with Gasteiger partial charge in [-0.1, -0.05) is 12.2 Å². The van der Waals surface area contributed by atoms with Crippen molar-refractivity contribution < 1.29 is 9.53 Å². The van der Waals surface area contributed by atoms with Crippen molar-refractivity contribution in [3.05, 3.63) is 12.2 Å². The highest BCUT2D eigenvalue weighted by atomic mass is 16.5. The fourth-order valence-electron chi connectivity index (χ4n) is 2.43. The lowest BCUT2D eigenvalue weighted by Crippen LogP contribution is -2.39. The van der Waals surface area contributed by atoms with E-state index in [1.54, 1.807) is 0 Å². The van der Waals surface area contributed by atoms with Gasteiger partial charge in [-0.25, -0.2) is 0 Å². The van der Waals surface area contributed by atoms with Crippen LogP contribution in [0.5, 0.6) is 0 Å². The maximum atomic E-state index is 11.5. The Kier molecular flexibility index (Phi) is 2.12. The Labute approximate surface area is 77.9 Å². The smallest absolute Gasteiger partial charge is 0.311 e. The fraction of sp³-hybridized carbons (Fsp3) is 0.700. The van der Waals surface area contributed by atoms with Gasteiger partial charge < -0.3 is 10.5 Å². The average molecular weight is 181 g/mol. The molecule has 3 nitrogen and oxygen atoms in total. The van der Waals surface area contributed by atoms with Gasteiger partial charge in [-0.05, 0) is 25.2 Å². The highest BCUT2D eigenvalue weighted by molar-refractivity contribution is 5.75. The zero-order valence-electron chi connectivity index (χ0n) is 7.77. The molecule has 0 aromatic rings. The monoisotopic (exact) mass is 181 g/mol. The summed E-state index contributed by atoms with van der Waals surface area (Å²) in [5.74, 6) is 0.528. The van der Waals surface area contributed by atoms with E-state index < -0.39 is 0 Å². The van der Waals surface area contributed by atoms with Crippen LogP contribution in [-0.4, -0.2) is 18.6 Å². The second-order valence-electron chi connectivity index (χ2n) is 3.80. The van der Waals surface area contributed by atoms with Crippen molar-refractivity contribution in [1.29, 1.82) is 0 Å². The number of hydrogen-bond donors (Lipinski definition) is 1. The minimum absolute atomic E-state index is 0.0194. The summed E-state index contributed by atoms with van der Waals surface area (Å²) in [7, 11) is 0. The first-order valence-corrected chi connectivity index (χ1v) is 4.84. The van der Waals surface area contributed by atoms with Crippen LogP contribution in [0.15, 0.2) is 12.2 Å². The first kappa shape index (κ1) is 8.75. The number of fused-ring (bicyclic) bond motifs is 2. The SMILES string of the molecule is CCOC(=O)[C@H]1C(N)[C@@H]2C=C[C@H]1C2. The van der Waals surface area contributed by atoms with Gasteiger partial charge in [0.1, 0.15) is 0 Å². The molecule has 0 aromatic carbocycles. The number of nitrogens with two attached hydrogens (primary N) is 1. The molecule has 13 heavy (non-hydrogen) atoms. The third-order valence-electron chi connectivity index (χ3n) is 3.08.